The minimum absolute atomic E-state index is 0.487. The summed E-state index contributed by atoms with van der Waals surface area (Å²) in [5.74, 6) is 0.882. The average molecular weight is 244 g/mol. The van der Waals surface area contributed by atoms with E-state index in [0.717, 1.165) is 17.7 Å². The first-order valence-electron chi connectivity index (χ1n) is 6.42. The van der Waals surface area contributed by atoms with Gasteiger partial charge in [0.25, 0.3) is 0 Å². The van der Waals surface area contributed by atoms with Gasteiger partial charge < -0.3 is 9.52 Å². The summed E-state index contributed by atoms with van der Waals surface area (Å²) in [6, 6.07) is 8.22. The Morgan fingerprint density at radius 3 is 2.72 bits per heavy atom. The number of aryl methyl sites for hydroxylation is 3. The number of benzene rings is 1. The van der Waals surface area contributed by atoms with E-state index in [-0.39, 0.29) is 0 Å². The molecule has 18 heavy (non-hydrogen) atoms. The summed E-state index contributed by atoms with van der Waals surface area (Å²) in [6.07, 6.45) is 2.62. The molecule has 0 bridgehead atoms. The minimum atomic E-state index is -0.487. The number of aliphatic hydroxyl groups excluding tert-OH is 1. The molecular formula is C16H20O2. The van der Waals surface area contributed by atoms with Crippen LogP contribution in [0.15, 0.2) is 34.9 Å². The van der Waals surface area contributed by atoms with E-state index < -0.39 is 6.10 Å². The zero-order valence-corrected chi connectivity index (χ0v) is 11.2. The molecule has 2 heteroatoms. The molecule has 0 saturated carbocycles. The lowest BCUT2D eigenvalue weighted by Crippen LogP contribution is -2.04. The highest BCUT2D eigenvalue weighted by atomic mass is 16.3. The van der Waals surface area contributed by atoms with Crippen molar-refractivity contribution in [1.29, 1.82) is 0 Å². The van der Waals surface area contributed by atoms with Crippen LogP contribution in [0.25, 0.3) is 0 Å². The predicted octanol–water partition coefficient (Wildman–Crippen LogP) is 3.73. The molecule has 1 atom stereocenters. The Morgan fingerprint density at radius 1 is 1.22 bits per heavy atom. The highest BCUT2D eigenvalue weighted by Crippen LogP contribution is 2.25. The SMILES string of the molecule is CCc1occc1C(O)Cc1cc(C)ccc1C. The fourth-order valence-electron chi connectivity index (χ4n) is 2.27. The molecule has 1 N–H and O–H groups in total. The maximum absolute atomic E-state index is 10.3. The Kier molecular flexibility index (Phi) is 3.87. The van der Waals surface area contributed by atoms with Gasteiger partial charge in [-0.05, 0) is 31.0 Å². The molecule has 0 aliphatic rings. The number of hydrogen-bond acceptors (Lipinski definition) is 2. The van der Waals surface area contributed by atoms with Crippen molar-refractivity contribution in [3.05, 3.63) is 58.5 Å². The van der Waals surface area contributed by atoms with Crippen molar-refractivity contribution in [3.63, 3.8) is 0 Å². The molecule has 2 nitrogen and oxygen atoms in total. The van der Waals surface area contributed by atoms with Crippen LogP contribution in [0.1, 0.15) is 41.0 Å². The molecular weight excluding hydrogens is 224 g/mol. The highest BCUT2D eigenvalue weighted by molar-refractivity contribution is 5.32. The summed E-state index contributed by atoms with van der Waals surface area (Å²) in [4.78, 5) is 0. The van der Waals surface area contributed by atoms with Gasteiger partial charge in [-0.2, -0.15) is 0 Å². The van der Waals surface area contributed by atoms with Crippen LogP contribution in [0.2, 0.25) is 0 Å². The van der Waals surface area contributed by atoms with E-state index in [0.29, 0.717) is 6.42 Å². The maximum atomic E-state index is 10.3. The van der Waals surface area contributed by atoms with Crippen LogP contribution in [-0.4, -0.2) is 5.11 Å². The van der Waals surface area contributed by atoms with E-state index in [4.69, 9.17) is 4.42 Å². The fraction of sp³-hybridized carbons (Fsp3) is 0.375. The van der Waals surface area contributed by atoms with Gasteiger partial charge in [0.15, 0.2) is 0 Å². The molecule has 0 saturated heterocycles. The summed E-state index contributed by atoms with van der Waals surface area (Å²) >= 11 is 0. The number of furan rings is 1. The van der Waals surface area contributed by atoms with Gasteiger partial charge in [-0.1, -0.05) is 30.7 Å². The normalized spacial score (nSPS) is 12.7. The zero-order valence-electron chi connectivity index (χ0n) is 11.2. The van der Waals surface area contributed by atoms with Crippen LogP contribution in [0, 0.1) is 13.8 Å². The van der Waals surface area contributed by atoms with Gasteiger partial charge in [-0.15, -0.1) is 0 Å². The summed E-state index contributed by atoms with van der Waals surface area (Å²) in [5.41, 5.74) is 4.57. The molecule has 1 heterocycles. The van der Waals surface area contributed by atoms with Crippen LogP contribution in [-0.2, 0) is 12.8 Å². The molecule has 0 fully saturated rings. The van der Waals surface area contributed by atoms with Gasteiger partial charge in [0, 0.05) is 18.4 Å². The quantitative estimate of drug-likeness (QED) is 0.889. The van der Waals surface area contributed by atoms with Gasteiger partial charge in [0.1, 0.15) is 5.76 Å². The summed E-state index contributed by atoms with van der Waals surface area (Å²) in [5, 5.41) is 10.3. The standard InChI is InChI=1S/C16H20O2/c1-4-16-14(7-8-18-16)15(17)10-13-9-11(2)5-6-12(13)3/h5-9,15,17H,4,10H2,1-3H3. The molecule has 2 rings (SSSR count). The van der Waals surface area contributed by atoms with E-state index in [1.807, 2.05) is 13.0 Å². The summed E-state index contributed by atoms with van der Waals surface area (Å²) in [7, 11) is 0. The highest BCUT2D eigenvalue weighted by Gasteiger charge is 2.15. The Hall–Kier alpha value is -1.54. The van der Waals surface area contributed by atoms with Gasteiger partial charge in [0.05, 0.1) is 12.4 Å². The third-order valence-electron chi connectivity index (χ3n) is 3.38. The van der Waals surface area contributed by atoms with Gasteiger partial charge in [-0.25, -0.2) is 0 Å². The molecule has 0 amide bonds. The Morgan fingerprint density at radius 2 is 2.00 bits per heavy atom. The summed E-state index contributed by atoms with van der Waals surface area (Å²) < 4.78 is 5.37. The van der Waals surface area contributed by atoms with Crippen LogP contribution < -0.4 is 0 Å². The molecule has 0 aliphatic heterocycles. The smallest absolute Gasteiger partial charge is 0.109 e. The number of aliphatic hydroxyl groups is 1. The van der Waals surface area contributed by atoms with E-state index >= 15 is 0 Å². The lowest BCUT2D eigenvalue weighted by atomic mass is 9.96. The maximum Gasteiger partial charge on any atom is 0.109 e. The van der Waals surface area contributed by atoms with Crippen LogP contribution in [0.5, 0.6) is 0 Å². The van der Waals surface area contributed by atoms with E-state index in [9.17, 15) is 5.11 Å². The number of rotatable bonds is 4. The molecule has 0 spiro atoms. The zero-order chi connectivity index (χ0) is 13.1. The monoisotopic (exact) mass is 244 g/mol. The first-order valence-corrected chi connectivity index (χ1v) is 6.42. The van der Waals surface area contributed by atoms with Crippen molar-refractivity contribution in [2.24, 2.45) is 0 Å². The lowest BCUT2D eigenvalue weighted by molar-refractivity contribution is 0.175. The van der Waals surface area contributed by atoms with Crippen molar-refractivity contribution in [2.75, 3.05) is 0 Å². The minimum Gasteiger partial charge on any atom is -0.469 e. The van der Waals surface area contributed by atoms with Crippen molar-refractivity contribution < 1.29 is 9.52 Å². The van der Waals surface area contributed by atoms with Crippen molar-refractivity contribution in [3.8, 4) is 0 Å². The van der Waals surface area contributed by atoms with E-state index in [1.54, 1.807) is 6.26 Å². The molecule has 0 aliphatic carbocycles. The largest absolute Gasteiger partial charge is 0.469 e. The average Bonchev–Trinajstić information content (AvgIpc) is 2.82. The van der Waals surface area contributed by atoms with E-state index in [1.165, 1.54) is 16.7 Å². The van der Waals surface area contributed by atoms with Crippen molar-refractivity contribution >= 4 is 0 Å². The molecule has 1 aromatic carbocycles. The topological polar surface area (TPSA) is 33.4 Å². The van der Waals surface area contributed by atoms with Gasteiger partial charge in [0.2, 0.25) is 0 Å². The molecule has 1 aromatic heterocycles. The van der Waals surface area contributed by atoms with Gasteiger partial charge >= 0.3 is 0 Å². The van der Waals surface area contributed by atoms with E-state index in [2.05, 4.69) is 32.0 Å². The second kappa shape index (κ2) is 5.40. The third-order valence-corrected chi connectivity index (χ3v) is 3.38. The Balaban J connectivity index is 2.21. The van der Waals surface area contributed by atoms with Crippen LogP contribution in [0.3, 0.4) is 0 Å². The van der Waals surface area contributed by atoms with Crippen LogP contribution in [0.4, 0.5) is 0 Å². The second-order valence-electron chi connectivity index (χ2n) is 4.80. The Labute approximate surface area is 108 Å². The predicted molar refractivity (Wildman–Crippen MR) is 72.7 cm³/mol. The van der Waals surface area contributed by atoms with Crippen molar-refractivity contribution in [2.45, 2.75) is 39.7 Å². The fourth-order valence-corrected chi connectivity index (χ4v) is 2.27. The third kappa shape index (κ3) is 2.65. The van der Waals surface area contributed by atoms with Gasteiger partial charge in [-0.3, -0.25) is 0 Å². The first-order chi connectivity index (χ1) is 8.61. The molecule has 0 radical (unpaired) electrons. The van der Waals surface area contributed by atoms with Crippen LogP contribution >= 0.6 is 0 Å². The molecule has 1 unspecified atom stereocenters. The Bertz CT molecular complexity index is 526. The molecule has 96 valence electrons. The number of hydrogen-bond donors (Lipinski definition) is 1. The molecule has 2 aromatic rings. The van der Waals surface area contributed by atoms with Crippen molar-refractivity contribution in [1.82, 2.24) is 0 Å². The lowest BCUT2D eigenvalue weighted by Gasteiger charge is -2.13. The second-order valence-corrected chi connectivity index (χ2v) is 4.80. The first kappa shape index (κ1) is 12.9. The summed E-state index contributed by atoms with van der Waals surface area (Å²) in [6.45, 7) is 6.19.